The Bertz CT molecular complexity index is 525. The normalized spacial score (nSPS) is 13.6. The molecule has 0 radical (unpaired) electrons. The summed E-state index contributed by atoms with van der Waals surface area (Å²) in [5.74, 6) is 0.158. The number of carbonyl (C=O) groups is 1. The molecule has 0 saturated carbocycles. The number of nitrogens with one attached hydrogen (secondary N) is 1. The van der Waals surface area contributed by atoms with Gasteiger partial charge in [0.15, 0.2) is 0 Å². The largest absolute Gasteiger partial charge is 0.378 e. The van der Waals surface area contributed by atoms with E-state index in [1.165, 1.54) is 16.8 Å². The SMILES string of the molecule is CCN(Cc1ccc(N(C)C)cc1)C(=O)C(C)=C1CNC1. The van der Waals surface area contributed by atoms with Crippen LogP contribution in [0.1, 0.15) is 19.4 Å². The second-order valence-electron chi connectivity index (χ2n) is 5.71. The molecule has 0 aromatic heterocycles. The van der Waals surface area contributed by atoms with Crippen LogP contribution in [0.25, 0.3) is 0 Å². The van der Waals surface area contributed by atoms with Gasteiger partial charge in [-0.1, -0.05) is 12.1 Å². The number of hydrogen-bond donors (Lipinski definition) is 1. The Labute approximate surface area is 127 Å². The molecule has 0 spiro atoms. The van der Waals surface area contributed by atoms with E-state index in [2.05, 4.69) is 34.5 Å². The van der Waals surface area contributed by atoms with Crippen molar-refractivity contribution in [1.82, 2.24) is 10.2 Å². The van der Waals surface area contributed by atoms with E-state index < -0.39 is 0 Å². The van der Waals surface area contributed by atoms with Gasteiger partial charge in [-0.15, -0.1) is 0 Å². The number of likely N-dealkylation sites (N-methyl/N-ethyl adjacent to an activating group) is 1. The zero-order chi connectivity index (χ0) is 15.4. The predicted molar refractivity (Wildman–Crippen MR) is 87.4 cm³/mol. The third-order valence-corrected chi connectivity index (χ3v) is 4.02. The van der Waals surface area contributed by atoms with E-state index in [0.717, 1.165) is 25.2 Å². The molecule has 1 fully saturated rings. The first-order valence-corrected chi connectivity index (χ1v) is 7.47. The summed E-state index contributed by atoms with van der Waals surface area (Å²) in [6, 6.07) is 8.38. The number of nitrogens with zero attached hydrogens (tertiary/aromatic N) is 2. The molecule has 4 nitrogen and oxygen atoms in total. The minimum absolute atomic E-state index is 0.158. The van der Waals surface area contributed by atoms with Gasteiger partial charge in [0.05, 0.1) is 0 Å². The van der Waals surface area contributed by atoms with Gasteiger partial charge in [-0.2, -0.15) is 0 Å². The molecule has 0 bridgehead atoms. The Balaban J connectivity index is 2.06. The Morgan fingerprint density at radius 3 is 2.24 bits per heavy atom. The molecular formula is C17H25N3O. The molecule has 1 aromatic carbocycles. The van der Waals surface area contributed by atoms with Crippen LogP contribution in [0, 0.1) is 0 Å². The van der Waals surface area contributed by atoms with Crippen LogP contribution in [0.5, 0.6) is 0 Å². The first-order chi connectivity index (χ1) is 10.0. The fourth-order valence-corrected chi connectivity index (χ4v) is 2.35. The first kappa shape index (κ1) is 15.6. The maximum absolute atomic E-state index is 12.5. The molecule has 21 heavy (non-hydrogen) atoms. The highest BCUT2D eigenvalue weighted by Gasteiger charge is 2.20. The standard InChI is InChI=1S/C17H25N3O/c1-5-20(17(21)13(2)15-10-18-11-15)12-14-6-8-16(9-7-14)19(3)4/h6-9,18H,5,10-12H2,1-4H3. The molecule has 1 aromatic rings. The molecule has 1 N–H and O–H groups in total. The van der Waals surface area contributed by atoms with E-state index in [-0.39, 0.29) is 5.91 Å². The average Bonchev–Trinajstić information content (AvgIpc) is 2.42. The quantitative estimate of drug-likeness (QED) is 0.842. The summed E-state index contributed by atoms with van der Waals surface area (Å²) in [5, 5.41) is 3.19. The predicted octanol–water partition coefficient (Wildman–Crippen LogP) is 2.02. The monoisotopic (exact) mass is 287 g/mol. The second kappa shape index (κ2) is 6.76. The number of anilines is 1. The van der Waals surface area contributed by atoms with E-state index in [9.17, 15) is 4.79 Å². The first-order valence-electron chi connectivity index (χ1n) is 7.47. The molecule has 114 valence electrons. The van der Waals surface area contributed by atoms with Gasteiger partial charge in [0, 0.05) is 51.5 Å². The average molecular weight is 287 g/mol. The van der Waals surface area contributed by atoms with Crippen LogP contribution in [-0.2, 0) is 11.3 Å². The number of carbonyl (C=O) groups excluding carboxylic acids is 1. The number of benzene rings is 1. The smallest absolute Gasteiger partial charge is 0.249 e. The molecule has 1 saturated heterocycles. The molecular weight excluding hydrogens is 262 g/mol. The van der Waals surface area contributed by atoms with Crippen molar-refractivity contribution in [3.8, 4) is 0 Å². The lowest BCUT2D eigenvalue weighted by molar-refractivity contribution is -0.127. The summed E-state index contributed by atoms with van der Waals surface area (Å²) in [6.07, 6.45) is 0. The van der Waals surface area contributed by atoms with Crippen LogP contribution in [-0.4, -0.2) is 44.5 Å². The highest BCUT2D eigenvalue weighted by Crippen LogP contribution is 2.16. The van der Waals surface area contributed by atoms with E-state index >= 15 is 0 Å². The van der Waals surface area contributed by atoms with E-state index in [0.29, 0.717) is 6.54 Å². The fraction of sp³-hybridized carbons (Fsp3) is 0.471. The molecule has 1 aliphatic heterocycles. The molecule has 4 heteroatoms. The summed E-state index contributed by atoms with van der Waals surface area (Å²) in [4.78, 5) is 16.5. The zero-order valence-electron chi connectivity index (χ0n) is 13.4. The lowest BCUT2D eigenvalue weighted by Crippen LogP contribution is -2.39. The summed E-state index contributed by atoms with van der Waals surface area (Å²) < 4.78 is 0. The Kier molecular flexibility index (Phi) is 5.02. The van der Waals surface area contributed by atoms with Crippen molar-refractivity contribution in [2.75, 3.05) is 38.6 Å². The van der Waals surface area contributed by atoms with E-state index in [1.54, 1.807) is 0 Å². The maximum atomic E-state index is 12.5. The third kappa shape index (κ3) is 3.64. The Morgan fingerprint density at radius 1 is 1.19 bits per heavy atom. The van der Waals surface area contributed by atoms with Gasteiger partial charge in [0.1, 0.15) is 0 Å². The van der Waals surface area contributed by atoms with Crippen LogP contribution < -0.4 is 10.2 Å². The number of amides is 1. The van der Waals surface area contributed by atoms with Crippen molar-refractivity contribution < 1.29 is 4.79 Å². The van der Waals surface area contributed by atoms with Crippen LogP contribution in [0.15, 0.2) is 35.4 Å². The number of hydrogen-bond acceptors (Lipinski definition) is 3. The van der Waals surface area contributed by atoms with E-state index in [4.69, 9.17) is 0 Å². The summed E-state index contributed by atoms with van der Waals surface area (Å²) in [5.41, 5.74) is 4.48. The van der Waals surface area contributed by atoms with Gasteiger partial charge in [-0.05, 0) is 37.1 Å². The Hall–Kier alpha value is -1.81. The molecule has 1 amide bonds. The van der Waals surface area contributed by atoms with E-state index in [1.807, 2.05) is 32.8 Å². The minimum atomic E-state index is 0.158. The van der Waals surface area contributed by atoms with Crippen molar-refractivity contribution in [2.24, 2.45) is 0 Å². The highest BCUT2D eigenvalue weighted by molar-refractivity contribution is 5.94. The highest BCUT2D eigenvalue weighted by atomic mass is 16.2. The van der Waals surface area contributed by atoms with Crippen molar-refractivity contribution in [3.05, 3.63) is 41.0 Å². The molecule has 1 heterocycles. The lowest BCUT2D eigenvalue weighted by Gasteiger charge is -2.26. The van der Waals surface area contributed by atoms with Gasteiger partial charge < -0.3 is 15.1 Å². The van der Waals surface area contributed by atoms with Crippen LogP contribution >= 0.6 is 0 Å². The molecule has 2 rings (SSSR count). The zero-order valence-corrected chi connectivity index (χ0v) is 13.4. The summed E-state index contributed by atoms with van der Waals surface area (Å²) in [6.45, 7) is 7.08. The van der Waals surface area contributed by atoms with Gasteiger partial charge in [-0.3, -0.25) is 4.79 Å². The van der Waals surface area contributed by atoms with Crippen LogP contribution in [0.2, 0.25) is 0 Å². The number of rotatable bonds is 5. The maximum Gasteiger partial charge on any atom is 0.249 e. The van der Waals surface area contributed by atoms with Gasteiger partial charge in [0.2, 0.25) is 5.91 Å². The second-order valence-corrected chi connectivity index (χ2v) is 5.71. The molecule has 0 unspecified atom stereocenters. The van der Waals surface area contributed by atoms with Gasteiger partial charge >= 0.3 is 0 Å². The molecule has 0 atom stereocenters. The fourth-order valence-electron chi connectivity index (χ4n) is 2.35. The minimum Gasteiger partial charge on any atom is -0.378 e. The van der Waals surface area contributed by atoms with Crippen molar-refractivity contribution in [1.29, 1.82) is 0 Å². The summed E-state index contributed by atoms with van der Waals surface area (Å²) in [7, 11) is 4.05. The van der Waals surface area contributed by atoms with Gasteiger partial charge in [0.25, 0.3) is 0 Å². The van der Waals surface area contributed by atoms with Crippen molar-refractivity contribution in [2.45, 2.75) is 20.4 Å². The van der Waals surface area contributed by atoms with Crippen molar-refractivity contribution >= 4 is 11.6 Å². The van der Waals surface area contributed by atoms with Crippen molar-refractivity contribution in [3.63, 3.8) is 0 Å². The topological polar surface area (TPSA) is 35.6 Å². The molecule has 0 aliphatic carbocycles. The Morgan fingerprint density at radius 2 is 1.81 bits per heavy atom. The third-order valence-electron chi connectivity index (χ3n) is 4.02. The van der Waals surface area contributed by atoms with Gasteiger partial charge in [-0.25, -0.2) is 0 Å². The van der Waals surface area contributed by atoms with Crippen LogP contribution in [0.4, 0.5) is 5.69 Å². The lowest BCUT2D eigenvalue weighted by atomic mass is 10.0. The molecule has 1 aliphatic rings. The van der Waals surface area contributed by atoms with Crippen LogP contribution in [0.3, 0.4) is 0 Å². The summed E-state index contributed by atoms with van der Waals surface area (Å²) >= 11 is 0.